The number of pyridine rings is 2. The van der Waals surface area contributed by atoms with Gasteiger partial charge in [-0.15, -0.1) is 11.6 Å². The highest BCUT2D eigenvalue weighted by atomic mass is 35.5. The average molecular weight is 281 g/mol. The maximum absolute atomic E-state index is 6.11. The van der Waals surface area contributed by atoms with Crippen LogP contribution >= 0.6 is 11.6 Å². The second kappa shape index (κ2) is 5.85. The number of nitrogens with zero attached hydrogens (tertiary/aromatic N) is 2. The Kier molecular flexibility index (Phi) is 3.75. The van der Waals surface area contributed by atoms with Crippen molar-refractivity contribution in [3.8, 4) is 22.3 Å². The zero-order chi connectivity index (χ0) is 13.8. The van der Waals surface area contributed by atoms with Crippen molar-refractivity contribution >= 4 is 11.6 Å². The lowest BCUT2D eigenvalue weighted by Crippen LogP contribution is -1.89. The minimum Gasteiger partial charge on any atom is -0.265 e. The topological polar surface area (TPSA) is 25.8 Å². The minimum atomic E-state index is 0.478. The molecule has 0 amide bonds. The number of benzene rings is 1. The lowest BCUT2D eigenvalue weighted by Gasteiger charge is -2.10. The first kappa shape index (κ1) is 12.8. The molecule has 3 rings (SSSR count). The van der Waals surface area contributed by atoms with Crippen molar-refractivity contribution in [3.05, 3.63) is 72.8 Å². The van der Waals surface area contributed by atoms with Crippen LogP contribution in [0, 0.1) is 0 Å². The van der Waals surface area contributed by atoms with Gasteiger partial charge in [0.2, 0.25) is 0 Å². The van der Waals surface area contributed by atoms with Gasteiger partial charge in [-0.1, -0.05) is 18.2 Å². The van der Waals surface area contributed by atoms with Crippen LogP contribution in [0.2, 0.25) is 0 Å². The van der Waals surface area contributed by atoms with Gasteiger partial charge in [0.1, 0.15) is 0 Å². The van der Waals surface area contributed by atoms with Gasteiger partial charge in [0.05, 0.1) is 0 Å². The zero-order valence-corrected chi connectivity index (χ0v) is 11.6. The largest absolute Gasteiger partial charge is 0.265 e. The molecule has 0 fully saturated rings. The third kappa shape index (κ3) is 2.56. The van der Waals surface area contributed by atoms with Crippen LogP contribution < -0.4 is 0 Å². The second-order valence-corrected chi connectivity index (χ2v) is 4.75. The molecule has 0 bridgehead atoms. The van der Waals surface area contributed by atoms with Gasteiger partial charge in [0.15, 0.2) is 0 Å². The summed E-state index contributed by atoms with van der Waals surface area (Å²) in [6.45, 7) is 0. The van der Waals surface area contributed by atoms with Gasteiger partial charge < -0.3 is 0 Å². The predicted molar refractivity (Wildman–Crippen MR) is 82.5 cm³/mol. The second-order valence-electron chi connectivity index (χ2n) is 4.48. The summed E-state index contributed by atoms with van der Waals surface area (Å²) in [5.74, 6) is 0.478. The number of hydrogen-bond donors (Lipinski definition) is 0. The van der Waals surface area contributed by atoms with E-state index >= 15 is 0 Å². The fraction of sp³-hybridized carbons (Fsp3) is 0.0588. The molecule has 0 unspecified atom stereocenters. The molecule has 98 valence electrons. The van der Waals surface area contributed by atoms with E-state index in [0.29, 0.717) is 5.88 Å². The molecule has 0 saturated carbocycles. The van der Waals surface area contributed by atoms with E-state index in [1.54, 1.807) is 18.6 Å². The average Bonchev–Trinajstić information content (AvgIpc) is 2.56. The molecule has 0 N–H and O–H groups in total. The molecule has 3 heteroatoms. The highest BCUT2D eigenvalue weighted by molar-refractivity contribution is 6.17. The van der Waals surface area contributed by atoms with Gasteiger partial charge in [0.25, 0.3) is 0 Å². The van der Waals surface area contributed by atoms with E-state index in [1.807, 2.05) is 30.5 Å². The summed E-state index contributed by atoms with van der Waals surface area (Å²) in [4.78, 5) is 8.21. The first-order chi connectivity index (χ1) is 9.88. The van der Waals surface area contributed by atoms with Crippen LogP contribution in [0.15, 0.2) is 67.3 Å². The maximum Gasteiger partial charge on any atom is 0.0480 e. The molecule has 0 saturated heterocycles. The number of hydrogen-bond acceptors (Lipinski definition) is 2. The number of aromatic nitrogens is 2. The number of alkyl halides is 1. The summed E-state index contributed by atoms with van der Waals surface area (Å²) in [5.41, 5.74) is 5.62. The summed E-state index contributed by atoms with van der Waals surface area (Å²) in [5, 5.41) is 0. The summed E-state index contributed by atoms with van der Waals surface area (Å²) < 4.78 is 0. The van der Waals surface area contributed by atoms with Gasteiger partial charge in [-0.25, -0.2) is 0 Å². The van der Waals surface area contributed by atoms with E-state index in [-0.39, 0.29) is 0 Å². The van der Waals surface area contributed by atoms with Gasteiger partial charge >= 0.3 is 0 Å². The monoisotopic (exact) mass is 280 g/mol. The quantitative estimate of drug-likeness (QED) is 0.658. The van der Waals surface area contributed by atoms with E-state index in [2.05, 4.69) is 28.2 Å². The molecular formula is C17H13ClN2. The van der Waals surface area contributed by atoms with Crippen LogP contribution in [0.1, 0.15) is 5.56 Å². The fourth-order valence-corrected chi connectivity index (χ4v) is 2.45. The molecule has 0 spiro atoms. The van der Waals surface area contributed by atoms with Crippen molar-refractivity contribution < 1.29 is 0 Å². The predicted octanol–water partition coefficient (Wildman–Crippen LogP) is 4.55. The third-order valence-corrected chi connectivity index (χ3v) is 3.52. The van der Waals surface area contributed by atoms with Crippen molar-refractivity contribution in [3.63, 3.8) is 0 Å². The van der Waals surface area contributed by atoms with Crippen LogP contribution in [0.5, 0.6) is 0 Å². The molecule has 0 aliphatic heterocycles. The molecule has 2 heterocycles. The molecule has 1 aromatic carbocycles. The molecule has 0 radical (unpaired) electrons. The Bertz CT molecular complexity index is 697. The van der Waals surface area contributed by atoms with E-state index in [4.69, 9.17) is 11.6 Å². The van der Waals surface area contributed by atoms with Gasteiger partial charge in [-0.05, 0) is 52.1 Å². The Morgan fingerprint density at radius 3 is 2.35 bits per heavy atom. The Hall–Kier alpha value is -2.19. The molecule has 3 aromatic rings. The van der Waals surface area contributed by atoms with E-state index in [1.165, 1.54) is 0 Å². The Morgan fingerprint density at radius 1 is 0.800 bits per heavy atom. The van der Waals surface area contributed by atoms with E-state index in [9.17, 15) is 0 Å². The van der Waals surface area contributed by atoms with Crippen LogP contribution in [0.3, 0.4) is 0 Å². The summed E-state index contributed by atoms with van der Waals surface area (Å²) in [6, 6.07) is 14.3. The van der Waals surface area contributed by atoms with Crippen molar-refractivity contribution in [1.29, 1.82) is 0 Å². The lowest BCUT2D eigenvalue weighted by atomic mass is 9.97. The summed E-state index contributed by atoms with van der Waals surface area (Å²) in [7, 11) is 0. The maximum atomic E-state index is 6.11. The van der Waals surface area contributed by atoms with Gasteiger partial charge in [-0.3, -0.25) is 9.97 Å². The normalized spacial score (nSPS) is 10.4. The summed E-state index contributed by atoms with van der Waals surface area (Å²) >= 11 is 6.11. The Labute approximate surface area is 123 Å². The molecule has 0 atom stereocenters. The molecule has 0 aliphatic rings. The summed E-state index contributed by atoms with van der Waals surface area (Å²) in [6.07, 6.45) is 7.22. The highest BCUT2D eigenvalue weighted by Crippen LogP contribution is 2.29. The number of halogens is 1. The molecule has 0 aliphatic carbocycles. The van der Waals surface area contributed by atoms with Crippen LogP contribution in [0.4, 0.5) is 0 Å². The molecule has 2 nitrogen and oxygen atoms in total. The highest BCUT2D eigenvalue weighted by Gasteiger charge is 2.06. The van der Waals surface area contributed by atoms with E-state index in [0.717, 1.165) is 27.8 Å². The van der Waals surface area contributed by atoms with Crippen LogP contribution in [0.25, 0.3) is 22.3 Å². The molecule has 20 heavy (non-hydrogen) atoms. The molecular weight excluding hydrogens is 268 g/mol. The van der Waals surface area contributed by atoms with Gasteiger partial charge in [-0.2, -0.15) is 0 Å². The van der Waals surface area contributed by atoms with Crippen molar-refractivity contribution in [2.45, 2.75) is 5.88 Å². The first-order valence-corrected chi connectivity index (χ1v) is 6.91. The first-order valence-electron chi connectivity index (χ1n) is 6.38. The fourth-order valence-electron chi connectivity index (χ4n) is 2.23. The van der Waals surface area contributed by atoms with Crippen molar-refractivity contribution in [2.75, 3.05) is 0 Å². The van der Waals surface area contributed by atoms with E-state index < -0.39 is 0 Å². The minimum absolute atomic E-state index is 0.478. The zero-order valence-electron chi connectivity index (χ0n) is 10.8. The smallest absolute Gasteiger partial charge is 0.0480 e. The van der Waals surface area contributed by atoms with Crippen molar-refractivity contribution in [2.24, 2.45) is 0 Å². The van der Waals surface area contributed by atoms with Crippen LogP contribution in [-0.4, -0.2) is 9.97 Å². The standard InChI is InChI=1S/C17H13ClN2/c18-11-16-10-14(15-2-1-7-20-12-15)3-4-17(16)13-5-8-19-9-6-13/h1-10,12H,11H2. The number of rotatable bonds is 3. The van der Waals surface area contributed by atoms with Gasteiger partial charge in [0, 0.05) is 30.7 Å². The Balaban J connectivity index is 2.07. The third-order valence-electron chi connectivity index (χ3n) is 3.24. The Morgan fingerprint density at radius 2 is 1.65 bits per heavy atom. The van der Waals surface area contributed by atoms with Crippen molar-refractivity contribution in [1.82, 2.24) is 9.97 Å². The lowest BCUT2D eigenvalue weighted by molar-refractivity contribution is 1.31. The SMILES string of the molecule is ClCc1cc(-c2cccnc2)ccc1-c1ccncc1. The van der Waals surface area contributed by atoms with Crippen LogP contribution in [-0.2, 0) is 5.88 Å². The molecule has 2 aromatic heterocycles.